The molecular formula is C21H18O9. The Morgan fingerprint density at radius 2 is 1.07 bits per heavy atom. The van der Waals surface area contributed by atoms with E-state index in [2.05, 4.69) is 0 Å². The van der Waals surface area contributed by atoms with Gasteiger partial charge in [-0.25, -0.2) is 0 Å². The van der Waals surface area contributed by atoms with Gasteiger partial charge in [0.05, 0.1) is 25.7 Å². The van der Waals surface area contributed by atoms with E-state index in [0.29, 0.717) is 0 Å². The summed E-state index contributed by atoms with van der Waals surface area (Å²) in [5, 5.41) is 37.1. The molecule has 0 unspecified atom stereocenters. The van der Waals surface area contributed by atoms with Crippen LogP contribution in [0.5, 0.6) is 0 Å². The molecule has 0 amide bonds. The number of carboxylic acids is 4. The summed E-state index contributed by atoms with van der Waals surface area (Å²) >= 11 is 0. The minimum absolute atomic E-state index is 0.0467. The Balaban J connectivity index is 2.88. The van der Waals surface area contributed by atoms with Gasteiger partial charge >= 0.3 is 23.9 Å². The zero-order chi connectivity index (χ0) is 22.4. The van der Waals surface area contributed by atoms with Gasteiger partial charge in [0.15, 0.2) is 5.78 Å². The normalized spacial score (nSPS) is 10.4. The third-order valence-electron chi connectivity index (χ3n) is 4.37. The Hall–Kier alpha value is -4.01. The first-order valence-corrected chi connectivity index (χ1v) is 8.73. The largest absolute Gasteiger partial charge is 0.481 e. The molecule has 0 saturated carbocycles. The van der Waals surface area contributed by atoms with Crippen LogP contribution in [0.15, 0.2) is 36.4 Å². The first-order valence-electron chi connectivity index (χ1n) is 8.73. The number of carbonyl (C=O) groups is 5. The molecule has 0 aliphatic carbocycles. The van der Waals surface area contributed by atoms with Gasteiger partial charge in [0, 0.05) is 11.1 Å². The number of carboxylic acid groups (broad SMARTS) is 4. The van der Waals surface area contributed by atoms with Crippen molar-refractivity contribution in [2.45, 2.75) is 25.7 Å². The summed E-state index contributed by atoms with van der Waals surface area (Å²) in [5.41, 5.74) is -0.417. The van der Waals surface area contributed by atoms with Crippen molar-refractivity contribution in [2.24, 2.45) is 0 Å². The van der Waals surface area contributed by atoms with Crippen LogP contribution < -0.4 is 0 Å². The molecule has 0 bridgehead atoms. The SMILES string of the molecule is O=C(O)Cc1cc(C(=O)c2ccccc2)c(CC(=O)O)c(CC(=O)O)c1CC(=O)O. The first kappa shape index (κ1) is 22.3. The predicted molar refractivity (Wildman–Crippen MR) is 102 cm³/mol. The van der Waals surface area contributed by atoms with Gasteiger partial charge in [0.2, 0.25) is 0 Å². The maximum absolute atomic E-state index is 13.1. The van der Waals surface area contributed by atoms with Gasteiger partial charge < -0.3 is 20.4 Å². The van der Waals surface area contributed by atoms with E-state index in [9.17, 15) is 44.4 Å². The lowest BCUT2D eigenvalue weighted by atomic mass is 9.83. The molecule has 30 heavy (non-hydrogen) atoms. The number of aliphatic carboxylic acids is 4. The van der Waals surface area contributed by atoms with Crippen molar-refractivity contribution in [2.75, 3.05) is 0 Å². The molecule has 0 fully saturated rings. The zero-order valence-electron chi connectivity index (χ0n) is 15.6. The minimum Gasteiger partial charge on any atom is -0.481 e. The monoisotopic (exact) mass is 414 g/mol. The summed E-state index contributed by atoms with van der Waals surface area (Å²) in [6, 6.07) is 8.94. The number of hydrogen-bond acceptors (Lipinski definition) is 5. The van der Waals surface area contributed by atoms with Crippen LogP contribution in [0.3, 0.4) is 0 Å². The van der Waals surface area contributed by atoms with Gasteiger partial charge in [-0.05, 0) is 28.3 Å². The molecule has 0 spiro atoms. The first-order chi connectivity index (χ1) is 14.1. The van der Waals surface area contributed by atoms with E-state index in [1.165, 1.54) is 12.1 Å². The lowest BCUT2D eigenvalue weighted by Gasteiger charge is -2.20. The topological polar surface area (TPSA) is 166 Å². The molecular weight excluding hydrogens is 396 g/mol. The number of benzene rings is 2. The minimum atomic E-state index is -1.38. The Bertz CT molecular complexity index is 1020. The molecule has 2 aromatic rings. The molecule has 2 rings (SSSR count). The number of carbonyl (C=O) groups excluding carboxylic acids is 1. The molecule has 9 heteroatoms. The summed E-state index contributed by atoms with van der Waals surface area (Å²) in [6.07, 6.45) is -2.85. The molecule has 0 aromatic heterocycles. The Morgan fingerprint density at radius 1 is 0.600 bits per heavy atom. The molecule has 156 valence electrons. The summed E-state index contributed by atoms with van der Waals surface area (Å²) in [7, 11) is 0. The molecule has 2 aromatic carbocycles. The van der Waals surface area contributed by atoms with Gasteiger partial charge in [-0.15, -0.1) is 0 Å². The van der Waals surface area contributed by atoms with E-state index in [4.69, 9.17) is 0 Å². The number of rotatable bonds is 10. The number of hydrogen-bond donors (Lipinski definition) is 4. The van der Waals surface area contributed by atoms with Crippen LogP contribution in [0.1, 0.15) is 38.2 Å². The fourth-order valence-electron chi connectivity index (χ4n) is 3.24. The van der Waals surface area contributed by atoms with Crippen molar-refractivity contribution in [1.29, 1.82) is 0 Å². The van der Waals surface area contributed by atoms with Crippen molar-refractivity contribution in [3.8, 4) is 0 Å². The summed E-state index contributed by atoms with van der Waals surface area (Å²) in [5.74, 6) is -6.01. The second-order valence-corrected chi connectivity index (χ2v) is 6.50. The quantitative estimate of drug-likeness (QED) is 0.420. The average Bonchev–Trinajstić information content (AvgIpc) is 2.65. The second kappa shape index (κ2) is 9.46. The van der Waals surface area contributed by atoms with E-state index in [0.717, 1.165) is 6.07 Å². The van der Waals surface area contributed by atoms with Gasteiger partial charge in [-0.1, -0.05) is 30.3 Å². The van der Waals surface area contributed by atoms with Crippen LogP contribution in [0.2, 0.25) is 0 Å². The highest BCUT2D eigenvalue weighted by molar-refractivity contribution is 6.11. The lowest BCUT2D eigenvalue weighted by Crippen LogP contribution is -2.20. The Morgan fingerprint density at radius 3 is 1.57 bits per heavy atom. The summed E-state index contributed by atoms with van der Waals surface area (Å²) in [4.78, 5) is 58.6. The molecule has 9 nitrogen and oxygen atoms in total. The van der Waals surface area contributed by atoms with Crippen LogP contribution in [0.4, 0.5) is 0 Å². The second-order valence-electron chi connectivity index (χ2n) is 6.50. The Labute approximate surface area is 170 Å². The van der Waals surface area contributed by atoms with E-state index in [-0.39, 0.29) is 33.4 Å². The zero-order valence-corrected chi connectivity index (χ0v) is 15.6. The van der Waals surface area contributed by atoms with Crippen molar-refractivity contribution in [3.05, 3.63) is 69.8 Å². The Kier molecular flexibility index (Phi) is 7.03. The van der Waals surface area contributed by atoms with Gasteiger partial charge in [-0.3, -0.25) is 24.0 Å². The van der Waals surface area contributed by atoms with E-state index >= 15 is 0 Å². The van der Waals surface area contributed by atoms with Crippen LogP contribution in [0, 0.1) is 0 Å². The van der Waals surface area contributed by atoms with Crippen LogP contribution in [0.25, 0.3) is 0 Å². The smallest absolute Gasteiger partial charge is 0.307 e. The van der Waals surface area contributed by atoms with Crippen LogP contribution in [-0.4, -0.2) is 50.1 Å². The summed E-state index contributed by atoms with van der Waals surface area (Å²) in [6.45, 7) is 0. The molecule has 4 N–H and O–H groups in total. The lowest BCUT2D eigenvalue weighted by molar-refractivity contribution is -0.138. The predicted octanol–water partition coefficient (Wildman–Crippen LogP) is 1.43. The molecule has 0 heterocycles. The highest BCUT2D eigenvalue weighted by Gasteiger charge is 2.26. The van der Waals surface area contributed by atoms with E-state index < -0.39 is 55.3 Å². The van der Waals surface area contributed by atoms with Crippen molar-refractivity contribution < 1.29 is 44.4 Å². The van der Waals surface area contributed by atoms with Crippen molar-refractivity contribution in [1.82, 2.24) is 0 Å². The van der Waals surface area contributed by atoms with Gasteiger partial charge in [-0.2, -0.15) is 0 Å². The molecule has 0 radical (unpaired) electrons. The van der Waals surface area contributed by atoms with Crippen LogP contribution in [-0.2, 0) is 44.9 Å². The van der Waals surface area contributed by atoms with E-state index in [1.54, 1.807) is 18.2 Å². The van der Waals surface area contributed by atoms with E-state index in [1.807, 2.05) is 0 Å². The fraction of sp³-hybridized carbons (Fsp3) is 0.190. The third-order valence-corrected chi connectivity index (χ3v) is 4.37. The van der Waals surface area contributed by atoms with Gasteiger partial charge in [0.1, 0.15) is 0 Å². The highest BCUT2D eigenvalue weighted by Crippen LogP contribution is 2.28. The fourth-order valence-corrected chi connectivity index (χ4v) is 3.24. The molecule has 0 aliphatic rings. The number of ketones is 1. The standard InChI is InChI=1S/C21H18O9/c22-17(23)7-12-6-16(21(30)11-4-2-1-3-5-11)15(10-20(28)29)14(9-19(26)27)13(12)8-18(24)25/h1-6H,7-10H2,(H,22,23)(H,24,25)(H,26,27)(H,28,29). The molecule has 0 aliphatic heterocycles. The van der Waals surface area contributed by atoms with Crippen LogP contribution >= 0.6 is 0 Å². The van der Waals surface area contributed by atoms with Crippen molar-refractivity contribution in [3.63, 3.8) is 0 Å². The molecule has 0 saturated heterocycles. The summed E-state index contributed by atoms with van der Waals surface area (Å²) < 4.78 is 0. The third kappa shape index (κ3) is 5.51. The average molecular weight is 414 g/mol. The van der Waals surface area contributed by atoms with Gasteiger partial charge in [0.25, 0.3) is 0 Å². The maximum Gasteiger partial charge on any atom is 0.307 e. The molecule has 0 atom stereocenters. The maximum atomic E-state index is 13.1. The van der Waals surface area contributed by atoms with Crippen molar-refractivity contribution >= 4 is 29.7 Å². The highest BCUT2D eigenvalue weighted by atomic mass is 16.4.